The largest absolute Gasteiger partial charge is 0.492 e. The molecule has 16 heavy (non-hydrogen) atoms. The van der Waals surface area contributed by atoms with Gasteiger partial charge in [-0.25, -0.2) is 4.39 Å². The van der Waals surface area contributed by atoms with Crippen molar-refractivity contribution < 1.29 is 18.7 Å². The molecule has 0 spiro atoms. The van der Waals surface area contributed by atoms with E-state index in [1.807, 2.05) is 0 Å². The summed E-state index contributed by atoms with van der Waals surface area (Å²) in [4.78, 5) is 11.0. The van der Waals surface area contributed by atoms with Crippen LogP contribution in [0.3, 0.4) is 0 Å². The Morgan fingerprint density at radius 1 is 1.38 bits per heavy atom. The predicted molar refractivity (Wildman–Crippen MR) is 58.9 cm³/mol. The Bertz CT molecular complexity index is 418. The van der Waals surface area contributed by atoms with E-state index in [1.54, 1.807) is 0 Å². The number of halogens is 2. The van der Waals surface area contributed by atoms with Crippen LogP contribution in [0.5, 0.6) is 11.5 Å². The number of ketones is 1. The number of rotatable bonds is 4. The molecule has 0 unspecified atom stereocenters. The normalized spacial score (nSPS) is 10.1. The molecule has 1 rings (SSSR count). The van der Waals surface area contributed by atoms with Crippen LogP contribution in [0.4, 0.5) is 4.39 Å². The molecule has 0 atom stereocenters. The molecule has 0 amide bonds. The lowest BCUT2D eigenvalue weighted by Crippen LogP contribution is -2.03. The number of benzene rings is 1. The van der Waals surface area contributed by atoms with E-state index in [9.17, 15) is 9.18 Å². The van der Waals surface area contributed by atoms with Gasteiger partial charge in [-0.1, -0.05) is 11.6 Å². The van der Waals surface area contributed by atoms with Gasteiger partial charge in [0.25, 0.3) is 0 Å². The van der Waals surface area contributed by atoms with Crippen LogP contribution in [-0.2, 0) is 11.2 Å². The molecule has 0 aromatic heterocycles. The smallest absolute Gasteiger partial charge is 0.198 e. The van der Waals surface area contributed by atoms with Gasteiger partial charge in [-0.2, -0.15) is 0 Å². The summed E-state index contributed by atoms with van der Waals surface area (Å²) in [6, 6.07) is 1.37. The molecule has 0 saturated carbocycles. The van der Waals surface area contributed by atoms with Crippen LogP contribution in [-0.4, -0.2) is 20.0 Å². The van der Waals surface area contributed by atoms with Crippen LogP contribution in [0.15, 0.2) is 6.07 Å². The Hall–Kier alpha value is -1.29. The minimum atomic E-state index is -0.687. The molecule has 5 heteroatoms. The summed E-state index contributed by atoms with van der Waals surface area (Å²) in [5.41, 5.74) is 0.512. The van der Waals surface area contributed by atoms with Crippen LogP contribution in [0.1, 0.15) is 12.5 Å². The van der Waals surface area contributed by atoms with Gasteiger partial charge in [0.05, 0.1) is 19.2 Å². The van der Waals surface area contributed by atoms with Crippen LogP contribution in [0.25, 0.3) is 0 Å². The number of hydrogen-bond acceptors (Lipinski definition) is 3. The lowest BCUT2D eigenvalue weighted by molar-refractivity contribution is -0.116. The molecule has 0 radical (unpaired) electrons. The van der Waals surface area contributed by atoms with Crippen molar-refractivity contribution in [3.63, 3.8) is 0 Å². The minimum absolute atomic E-state index is 0.0666. The molecule has 0 heterocycles. The van der Waals surface area contributed by atoms with Crippen molar-refractivity contribution in [2.45, 2.75) is 13.3 Å². The second kappa shape index (κ2) is 5.16. The van der Waals surface area contributed by atoms with E-state index in [-0.39, 0.29) is 28.7 Å². The first-order chi connectivity index (χ1) is 7.51. The molecule has 0 fully saturated rings. The first kappa shape index (κ1) is 12.8. The summed E-state index contributed by atoms with van der Waals surface area (Å²) in [7, 11) is 2.70. The number of carbonyl (C=O) groups excluding carboxylic acids is 1. The average Bonchev–Trinajstić information content (AvgIpc) is 2.21. The van der Waals surface area contributed by atoms with E-state index < -0.39 is 5.82 Å². The first-order valence-corrected chi connectivity index (χ1v) is 4.97. The van der Waals surface area contributed by atoms with Crippen molar-refractivity contribution >= 4 is 17.4 Å². The van der Waals surface area contributed by atoms with Crippen LogP contribution < -0.4 is 9.47 Å². The zero-order valence-electron chi connectivity index (χ0n) is 9.27. The van der Waals surface area contributed by atoms with Crippen molar-refractivity contribution in [2.24, 2.45) is 0 Å². The number of hydrogen-bond donors (Lipinski definition) is 0. The number of Topliss-reactive ketones (excluding diaryl/α,β-unsaturated/α-hetero) is 1. The fourth-order valence-corrected chi connectivity index (χ4v) is 1.66. The topological polar surface area (TPSA) is 35.5 Å². The molecule has 1 aromatic rings. The highest BCUT2D eigenvalue weighted by Crippen LogP contribution is 2.38. The van der Waals surface area contributed by atoms with Crippen LogP contribution in [0, 0.1) is 5.82 Å². The second-order valence-electron chi connectivity index (χ2n) is 3.28. The van der Waals surface area contributed by atoms with E-state index in [2.05, 4.69) is 0 Å². The van der Waals surface area contributed by atoms with Gasteiger partial charge in [-0.05, 0) is 13.0 Å². The van der Waals surface area contributed by atoms with Gasteiger partial charge in [-0.15, -0.1) is 0 Å². The molecule has 1 aromatic carbocycles. The number of carbonyl (C=O) groups is 1. The molecule has 0 aliphatic carbocycles. The third-order valence-electron chi connectivity index (χ3n) is 2.06. The zero-order chi connectivity index (χ0) is 12.3. The van der Waals surface area contributed by atoms with E-state index >= 15 is 0 Å². The molecular formula is C11H12ClFO3. The van der Waals surface area contributed by atoms with Gasteiger partial charge >= 0.3 is 0 Å². The van der Waals surface area contributed by atoms with Crippen molar-refractivity contribution in [1.29, 1.82) is 0 Å². The summed E-state index contributed by atoms with van der Waals surface area (Å²) >= 11 is 5.69. The Morgan fingerprint density at radius 3 is 2.38 bits per heavy atom. The molecule has 0 bridgehead atoms. The standard InChI is InChI=1S/C11H12ClFO3/c1-6(14)4-7-5-8(12)9(13)11(16-3)10(7)15-2/h5H,4H2,1-3H3. The summed E-state index contributed by atoms with van der Waals surface area (Å²) < 4.78 is 23.4. The number of ether oxygens (including phenoxy) is 2. The van der Waals surface area contributed by atoms with E-state index in [1.165, 1.54) is 27.2 Å². The maximum Gasteiger partial charge on any atom is 0.198 e. The van der Waals surface area contributed by atoms with Gasteiger partial charge in [0, 0.05) is 12.0 Å². The Balaban J connectivity index is 3.37. The maximum absolute atomic E-state index is 13.5. The maximum atomic E-state index is 13.5. The van der Waals surface area contributed by atoms with Gasteiger partial charge in [0.15, 0.2) is 17.3 Å². The average molecular weight is 247 g/mol. The van der Waals surface area contributed by atoms with Gasteiger partial charge in [-0.3, -0.25) is 4.79 Å². The second-order valence-corrected chi connectivity index (χ2v) is 3.68. The number of methoxy groups -OCH3 is 2. The van der Waals surface area contributed by atoms with E-state index in [0.717, 1.165) is 0 Å². The molecule has 3 nitrogen and oxygen atoms in total. The molecule has 88 valence electrons. The lowest BCUT2D eigenvalue weighted by Gasteiger charge is -2.13. The minimum Gasteiger partial charge on any atom is -0.492 e. The monoisotopic (exact) mass is 246 g/mol. The highest BCUT2D eigenvalue weighted by molar-refractivity contribution is 6.31. The van der Waals surface area contributed by atoms with Crippen molar-refractivity contribution in [3.8, 4) is 11.5 Å². The van der Waals surface area contributed by atoms with Crippen LogP contribution in [0.2, 0.25) is 5.02 Å². The van der Waals surface area contributed by atoms with E-state index in [0.29, 0.717) is 5.56 Å². The summed E-state index contributed by atoms with van der Waals surface area (Å²) in [5.74, 6) is -0.623. The Labute approximate surface area is 98.1 Å². The highest BCUT2D eigenvalue weighted by Gasteiger charge is 2.19. The fourth-order valence-electron chi connectivity index (χ4n) is 1.44. The van der Waals surface area contributed by atoms with Gasteiger partial charge in [0.2, 0.25) is 0 Å². The zero-order valence-corrected chi connectivity index (χ0v) is 10.0. The molecule has 0 aliphatic heterocycles. The lowest BCUT2D eigenvalue weighted by atomic mass is 10.1. The third kappa shape index (κ3) is 2.44. The molecule has 0 N–H and O–H groups in total. The molecular weight excluding hydrogens is 235 g/mol. The molecule has 0 aliphatic rings. The van der Waals surface area contributed by atoms with Gasteiger partial charge in [0.1, 0.15) is 5.78 Å². The predicted octanol–water partition coefficient (Wildman–Crippen LogP) is 2.63. The molecule has 0 saturated heterocycles. The van der Waals surface area contributed by atoms with Gasteiger partial charge < -0.3 is 9.47 Å². The first-order valence-electron chi connectivity index (χ1n) is 4.59. The van der Waals surface area contributed by atoms with E-state index in [4.69, 9.17) is 21.1 Å². The third-order valence-corrected chi connectivity index (χ3v) is 2.33. The van der Waals surface area contributed by atoms with Crippen molar-refractivity contribution in [2.75, 3.05) is 14.2 Å². The Kier molecular flexibility index (Phi) is 4.12. The van der Waals surface area contributed by atoms with Crippen molar-refractivity contribution in [1.82, 2.24) is 0 Å². The van der Waals surface area contributed by atoms with Crippen molar-refractivity contribution in [3.05, 3.63) is 22.5 Å². The SMILES string of the molecule is COc1c(CC(C)=O)cc(Cl)c(F)c1OC. The highest BCUT2D eigenvalue weighted by atomic mass is 35.5. The Morgan fingerprint density at radius 2 is 1.94 bits per heavy atom. The summed E-state index contributed by atoms with van der Waals surface area (Å²) in [6.45, 7) is 1.43. The summed E-state index contributed by atoms with van der Waals surface area (Å²) in [5, 5.41) is -0.0890. The quantitative estimate of drug-likeness (QED) is 0.819. The summed E-state index contributed by atoms with van der Waals surface area (Å²) in [6.07, 6.45) is 0.125. The van der Waals surface area contributed by atoms with Crippen LogP contribution >= 0.6 is 11.6 Å². The fraction of sp³-hybridized carbons (Fsp3) is 0.364.